The third kappa shape index (κ3) is 4.11. The summed E-state index contributed by atoms with van der Waals surface area (Å²) in [4.78, 5) is 0. The molecule has 2 aromatic rings. The molecule has 0 aliphatic rings. The van der Waals surface area contributed by atoms with Crippen molar-refractivity contribution in [3.63, 3.8) is 0 Å². The van der Waals surface area contributed by atoms with Gasteiger partial charge in [-0.25, -0.2) is 0 Å². The molecule has 0 radical (unpaired) electrons. The smallest absolute Gasteiger partial charge is 0.203 e. The zero-order valence-electron chi connectivity index (χ0n) is 11.9. The maximum absolute atomic E-state index is 5.75. The van der Waals surface area contributed by atoms with E-state index in [9.17, 15) is 0 Å². The lowest BCUT2D eigenvalue weighted by molar-refractivity contribution is 0.343. The van der Waals surface area contributed by atoms with E-state index in [1.165, 1.54) is 22.5 Å². The molecule has 0 aliphatic carbocycles. The van der Waals surface area contributed by atoms with Crippen molar-refractivity contribution in [3.05, 3.63) is 29.3 Å². The van der Waals surface area contributed by atoms with Gasteiger partial charge in [-0.1, -0.05) is 43.0 Å². The van der Waals surface area contributed by atoms with Crippen molar-refractivity contribution in [2.45, 2.75) is 31.0 Å². The van der Waals surface area contributed by atoms with E-state index in [2.05, 4.69) is 43.1 Å². The molecule has 0 bridgehead atoms. The molecule has 0 spiro atoms. The zero-order valence-corrected chi connectivity index (χ0v) is 13.6. The van der Waals surface area contributed by atoms with E-state index in [0.29, 0.717) is 17.7 Å². The first-order chi connectivity index (χ1) is 9.56. The number of nitrogens with zero attached hydrogens (tertiary/aromatic N) is 2. The van der Waals surface area contributed by atoms with Crippen LogP contribution in [0.4, 0.5) is 5.13 Å². The van der Waals surface area contributed by atoms with Gasteiger partial charge in [-0.2, -0.15) is 0 Å². The SMILES string of the molecule is Cc1cc(OCCSc2nnc(N)s2)ccc1C(C)C. The van der Waals surface area contributed by atoms with Crippen molar-refractivity contribution in [1.29, 1.82) is 0 Å². The highest BCUT2D eigenvalue weighted by Gasteiger charge is 2.05. The molecule has 0 atom stereocenters. The van der Waals surface area contributed by atoms with E-state index in [1.54, 1.807) is 11.8 Å². The number of ether oxygens (including phenoxy) is 1. The van der Waals surface area contributed by atoms with E-state index in [0.717, 1.165) is 15.8 Å². The Morgan fingerprint density at radius 1 is 1.35 bits per heavy atom. The van der Waals surface area contributed by atoms with Crippen LogP contribution < -0.4 is 10.5 Å². The maximum Gasteiger partial charge on any atom is 0.203 e. The average Bonchev–Trinajstić information content (AvgIpc) is 2.80. The highest BCUT2D eigenvalue weighted by Crippen LogP contribution is 2.25. The molecule has 0 unspecified atom stereocenters. The van der Waals surface area contributed by atoms with Crippen molar-refractivity contribution in [3.8, 4) is 5.75 Å². The predicted octanol–water partition coefficient (Wildman–Crippen LogP) is 3.72. The molecule has 2 N–H and O–H groups in total. The summed E-state index contributed by atoms with van der Waals surface area (Å²) in [5.41, 5.74) is 8.18. The summed E-state index contributed by atoms with van der Waals surface area (Å²) in [6, 6.07) is 6.28. The number of rotatable bonds is 6. The third-order valence-corrected chi connectivity index (χ3v) is 4.71. The first kappa shape index (κ1) is 15.1. The van der Waals surface area contributed by atoms with E-state index in [1.807, 2.05) is 6.07 Å². The van der Waals surface area contributed by atoms with Gasteiger partial charge in [-0.05, 0) is 36.1 Å². The predicted molar refractivity (Wildman–Crippen MR) is 85.8 cm³/mol. The first-order valence-electron chi connectivity index (χ1n) is 6.51. The van der Waals surface area contributed by atoms with Gasteiger partial charge < -0.3 is 10.5 Å². The van der Waals surface area contributed by atoms with Crippen LogP contribution in [0.25, 0.3) is 0 Å². The minimum absolute atomic E-state index is 0.508. The zero-order chi connectivity index (χ0) is 14.5. The molecule has 6 heteroatoms. The van der Waals surface area contributed by atoms with Gasteiger partial charge in [0.15, 0.2) is 4.34 Å². The van der Waals surface area contributed by atoms with Gasteiger partial charge in [-0.15, -0.1) is 10.2 Å². The standard InChI is InChI=1S/C14H19N3OS2/c1-9(2)12-5-4-11(8-10(12)3)18-6-7-19-14-17-16-13(15)20-14/h4-5,8-9H,6-7H2,1-3H3,(H2,15,16). The summed E-state index contributed by atoms with van der Waals surface area (Å²) in [5, 5.41) is 8.24. The lowest BCUT2D eigenvalue weighted by Crippen LogP contribution is -2.01. The topological polar surface area (TPSA) is 61.0 Å². The first-order valence-corrected chi connectivity index (χ1v) is 8.31. The number of anilines is 1. The average molecular weight is 309 g/mol. The lowest BCUT2D eigenvalue weighted by atomic mass is 9.98. The second-order valence-electron chi connectivity index (χ2n) is 4.78. The molecular weight excluding hydrogens is 290 g/mol. The molecule has 1 aromatic carbocycles. The Hall–Kier alpha value is -1.27. The number of hydrogen-bond donors (Lipinski definition) is 1. The largest absolute Gasteiger partial charge is 0.493 e. The molecule has 0 fully saturated rings. The lowest BCUT2D eigenvalue weighted by Gasteiger charge is -2.12. The second-order valence-corrected chi connectivity index (χ2v) is 7.13. The Bertz CT molecular complexity index is 569. The molecule has 108 valence electrons. The quantitative estimate of drug-likeness (QED) is 0.651. The summed E-state index contributed by atoms with van der Waals surface area (Å²) in [5.74, 6) is 2.30. The minimum atomic E-state index is 0.508. The van der Waals surface area contributed by atoms with Gasteiger partial charge in [-0.3, -0.25) is 0 Å². The number of thioether (sulfide) groups is 1. The van der Waals surface area contributed by atoms with E-state index >= 15 is 0 Å². The highest BCUT2D eigenvalue weighted by molar-refractivity contribution is 8.01. The fourth-order valence-electron chi connectivity index (χ4n) is 1.95. The van der Waals surface area contributed by atoms with E-state index < -0.39 is 0 Å². The molecule has 0 saturated heterocycles. The highest BCUT2D eigenvalue weighted by atomic mass is 32.2. The van der Waals surface area contributed by atoms with Crippen molar-refractivity contribution in [2.75, 3.05) is 18.1 Å². The molecule has 20 heavy (non-hydrogen) atoms. The van der Waals surface area contributed by atoms with Crippen molar-refractivity contribution < 1.29 is 4.74 Å². The molecular formula is C14H19N3OS2. The van der Waals surface area contributed by atoms with Crippen LogP contribution in [0.2, 0.25) is 0 Å². The van der Waals surface area contributed by atoms with Crippen molar-refractivity contribution in [2.24, 2.45) is 0 Å². The number of benzene rings is 1. The number of aryl methyl sites for hydroxylation is 1. The van der Waals surface area contributed by atoms with E-state index in [4.69, 9.17) is 10.5 Å². The normalized spacial score (nSPS) is 11.0. The van der Waals surface area contributed by atoms with Crippen molar-refractivity contribution >= 4 is 28.2 Å². The molecule has 4 nitrogen and oxygen atoms in total. The van der Waals surface area contributed by atoms with Crippen molar-refractivity contribution in [1.82, 2.24) is 10.2 Å². The summed E-state index contributed by atoms with van der Waals surface area (Å²) in [7, 11) is 0. The summed E-state index contributed by atoms with van der Waals surface area (Å²) in [6.45, 7) is 7.17. The van der Waals surface area contributed by atoms with Gasteiger partial charge in [0.25, 0.3) is 0 Å². The van der Waals surface area contributed by atoms with Crippen LogP contribution >= 0.6 is 23.1 Å². The van der Waals surface area contributed by atoms with Crippen LogP contribution in [0.15, 0.2) is 22.5 Å². The summed E-state index contributed by atoms with van der Waals surface area (Å²) < 4.78 is 6.64. The van der Waals surface area contributed by atoms with Gasteiger partial charge in [0.2, 0.25) is 5.13 Å². The molecule has 0 amide bonds. The van der Waals surface area contributed by atoms with Gasteiger partial charge >= 0.3 is 0 Å². The van der Waals surface area contributed by atoms with Crippen LogP contribution in [0, 0.1) is 6.92 Å². The Labute approximate surface area is 127 Å². The molecule has 2 rings (SSSR count). The molecule has 1 heterocycles. The van der Waals surface area contributed by atoms with Crippen LogP contribution in [0.3, 0.4) is 0 Å². The van der Waals surface area contributed by atoms with Crippen LogP contribution in [0.1, 0.15) is 30.9 Å². The van der Waals surface area contributed by atoms with Gasteiger partial charge in [0, 0.05) is 5.75 Å². The maximum atomic E-state index is 5.75. The van der Waals surface area contributed by atoms with Gasteiger partial charge in [0.05, 0.1) is 6.61 Å². The monoisotopic (exact) mass is 309 g/mol. The second kappa shape index (κ2) is 6.95. The third-order valence-electron chi connectivity index (χ3n) is 2.86. The Kier molecular flexibility index (Phi) is 5.25. The number of aromatic nitrogens is 2. The fraction of sp³-hybridized carbons (Fsp3) is 0.429. The van der Waals surface area contributed by atoms with Crippen LogP contribution in [-0.2, 0) is 0 Å². The molecule has 1 aromatic heterocycles. The number of nitrogens with two attached hydrogens (primary N) is 1. The summed E-state index contributed by atoms with van der Waals surface area (Å²) >= 11 is 3.02. The van der Waals surface area contributed by atoms with E-state index in [-0.39, 0.29) is 0 Å². The van der Waals surface area contributed by atoms with Gasteiger partial charge in [0.1, 0.15) is 5.75 Å². The Morgan fingerprint density at radius 3 is 2.75 bits per heavy atom. The Balaban J connectivity index is 1.81. The molecule has 0 saturated carbocycles. The fourth-order valence-corrected chi connectivity index (χ4v) is 3.48. The van der Waals surface area contributed by atoms with Crippen LogP contribution in [0.5, 0.6) is 5.75 Å². The minimum Gasteiger partial charge on any atom is -0.493 e. The van der Waals surface area contributed by atoms with Crippen LogP contribution in [-0.4, -0.2) is 22.6 Å². The number of nitrogen functional groups attached to an aromatic ring is 1. The molecule has 0 aliphatic heterocycles. The Morgan fingerprint density at radius 2 is 2.15 bits per heavy atom. The number of hydrogen-bond acceptors (Lipinski definition) is 6. The summed E-state index contributed by atoms with van der Waals surface area (Å²) in [6.07, 6.45) is 0.